The van der Waals surface area contributed by atoms with Gasteiger partial charge in [-0.05, 0) is 83.0 Å². The van der Waals surface area contributed by atoms with Crippen LogP contribution in [-0.4, -0.2) is 35.5 Å². The molecule has 222 valence electrons. The summed E-state index contributed by atoms with van der Waals surface area (Å²) in [6, 6.07) is 0. The second kappa shape index (κ2) is 17.7. The number of hydrogen-bond donors (Lipinski definition) is 5. The van der Waals surface area contributed by atoms with Gasteiger partial charge in [0.2, 0.25) is 5.91 Å². The van der Waals surface area contributed by atoms with Gasteiger partial charge in [0.15, 0.2) is 0 Å². The van der Waals surface area contributed by atoms with Gasteiger partial charge in [-0.15, -0.1) is 63.1 Å². The standard InChI is InChI=1S/C32H48N2OS5/c1-3-4-5-6-7-8-9-10-11-12-13-14-15-16-17-18-24(35)34-27-26(28(36)30(38)31(39)29(27)37)25(32(34)40)23-19-21-33(2)22-20-23/h7-8,10-11,23,36-40H,3-6,9,12-22H2,1-2H3/b8-7-,11-10-. The Morgan fingerprint density at radius 3 is 2.00 bits per heavy atom. The van der Waals surface area contributed by atoms with Crippen molar-refractivity contribution in [1.82, 2.24) is 9.47 Å². The number of hydrogen-bond acceptors (Lipinski definition) is 7. The number of likely N-dealkylation sites (tertiary alicyclic amines) is 1. The molecule has 0 N–H and O–H groups in total. The maximum absolute atomic E-state index is 13.6. The predicted octanol–water partition coefficient (Wildman–Crippen LogP) is 10.3. The van der Waals surface area contributed by atoms with Crippen LogP contribution in [-0.2, 0) is 0 Å². The molecule has 0 radical (unpaired) electrons. The summed E-state index contributed by atoms with van der Waals surface area (Å²) in [6.45, 7) is 4.30. The molecule has 0 atom stereocenters. The van der Waals surface area contributed by atoms with Gasteiger partial charge < -0.3 is 4.90 Å². The van der Waals surface area contributed by atoms with Gasteiger partial charge in [-0.25, -0.2) is 0 Å². The summed E-state index contributed by atoms with van der Waals surface area (Å²) in [4.78, 5) is 18.7. The van der Waals surface area contributed by atoms with E-state index in [1.807, 2.05) is 0 Å². The van der Waals surface area contributed by atoms with Crippen molar-refractivity contribution in [2.45, 2.75) is 127 Å². The van der Waals surface area contributed by atoms with Crippen LogP contribution >= 0.6 is 63.1 Å². The fourth-order valence-corrected chi connectivity index (χ4v) is 7.41. The Balaban J connectivity index is 1.55. The molecule has 1 fully saturated rings. The molecule has 1 aliphatic rings. The number of thiol groups is 5. The van der Waals surface area contributed by atoms with E-state index < -0.39 is 0 Å². The van der Waals surface area contributed by atoms with Gasteiger partial charge in [-0.1, -0.05) is 63.3 Å². The number of unbranched alkanes of at least 4 members (excludes halogenated alkanes) is 8. The SMILES string of the molecule is CCCCC/C=C\C/C=C\CCCCCCCC(=O)n1c(S)c(C2CCN(C)CC2)c2c(S)c(S)c(S)c(S)c21. The van der Waals surface area contributed by atoms with Crippen LogP contribution in [0.25, 0.3) is 10.9 Å². The molecule has 0 spiro atoms. The third-order valence-electron chi connectivity index (χ3n) is 8.03. The highest BCUT2D eigenvalue weighted by Gasteiger charge is 2.31. The van der Waals surface area contributed by atoms with E-state index in [1.54, 1.807) is 4.57 Å². The van der Waals surface area contributed by atoms with E-state index in [0.717, 1.165) is 84.4 Å². The van der Waals surface area contributed by atoms with Crippen molar-refractivity contribution in [1.29, 1.82) is 0 Å². The molecule has 0 saturated carbocycles. The van der Waals surface area contributed by atoms with Crippen LogP contribution in [0, 0.1) is 0 Å². The molecule has 8 heteroatoms. The van der Waals surface area contributed by atoms with E-state index in [2.05, 4.69) is 68.4 Å². The van der Waals surface area contributed by atoms with Crippen LogP contribution in [0.15, 0.2) is 48.9 Å². The van der Waals surface area contributed by atoms with E-state index >= 15 is 0 Å². The van der Waals surface area contributed by atoms with E-state index in [-0.39, 0.29) is 5.91 Å². The van der Waals surface area contributed by atoms with Crippen molar-refractivity contribution in [2.75, 3.05) is 20.1 Å². The Morgan fingerprint density at radius 2 is 1.35 bits per heavy atom. The maximum atomic E-state index is 13.6. The first kappa shape index (κ1) is 34.1. The van der Waals surface area contributed by atoms with Gasteiger partial charge in [-0.3, -0.25) is 9.36 Å². The van der Waals surface area contributed by atoms with Gasteiger partial charge in [0.25, 0.3) is 0 Å². The lowest BCUT2D eigenvalue weighted by atomic mass is 9.89. The molecule has 1 aliphatic heterocycles. The largest absolute Gasteiger partial charge is 0.306 e. The summed E-state index contributed by atoms with van der Waals surface area (Å²) in [5, 5.41) is 1.69. The van der Waals surface area contributed by atoms with Gasteiger partial charge in [-0.2, -0.15) is 0 Å². The molecule has 0 bridgehead atoms. The minimum atomic E-state index is 0.0718. The topological polar surface area (TPSA) is 25.2 Å². The van der Waals surface area contributed by atoms with Gasteiger partial charge in [0.05, 0.1) is 10.5 Å². The number of piperidine rings is 1. The average molecular weight is 637 g/mol. The van der Waals surface area contributed by atoms with Crippen molar-refractivity contribution in [3.8, 4) is 0 Å². The second-order valence-corrected chi connectivity index (χ2v) is 13.4. The van der Waals surface area contributed by atoms with Crippen LogP contribution in [0.3, 0.4) is 0 Å². The Kier molecular flexibility index (Phi) is 15.1. The lowest BCUT2D eigenvalue weighted by molar-refractivity contribution is 0.0894. The molecule has 1 saturated heterocycles. The molecule has 3 rings (SSSR count). The molecule has 0 unspecified atom stereocenters. The number of carbonyl (C=O) groups is 1. The molecule has 0 amide bonds. The van der Waals surface area contributed by atoms with Crippen LogP contribution in [0.2, 0.25) is 0 Å². The van der Waals surface area contributed by atoms with Crippen molar-refractivity contribution in [3.05, 3.63) is 29.9 Å². The minimum Gasteiger partial charge on any atom is -0.306 e. The van der Waals surface area contributed by atoms with Crippen molar-refractivity contribution in [3.63, 3.8) is 0 Å². The molecule has 0 aliphatic carbocycles. The average Bonchev–Trinajstić information content (AvgIpc) is 3.26. The normalized spacial score (nSPS) is 15.4. The molecule has 3 nitrogen and oxygen atoms in total. The molecule has 2 heterocycles. The van der Waals surface area contributed by atoms with Crippen LogP contribution < -0.4 is 0 Å². The smallest absolute Gasteiger partial charge is 0.232 e. The summed E-state index contributed by atoms with van der Waals surface area (Å²) < 4.78 is 1.78. The Bertz CT molecular complexity index is 1180. The zero-order valence-electron chi connectivity index (χ0n) is 24.2. The zero-order chi connectivity index (χ0) is 29.1. The number of allylic oxidation sites excluding steroid dienone is 4. The fourth-order valence-electron chi connectivity index (χ4n) is 5.62. The molecule has 40 heavy (non-hydrogen) atoms. The Hall–Kier alpha value is -0.380. The molecule has 1 aromatic heterocycles. The van der Waals surface area contributed by atoms with Crippen LogP contribution in [0.4, 0.5) is 0 Å². The summed E-state index contributed by atoms with van der Waals surface area (Å²) >= 11 is 23.9. The predicted molar refractivity (Wildman–Crippen MR) is 188 cm³/mol. The first-order valence-electron chi connectivity index (χ1n) is 15.0. The van der Waals surface area contributed by atoms with Crippen LogP contribution in [0.5, 0.6) is 0 Å². The van der Waals surface area contributed by atoms with Crippen molar-refractivity contribution < 1.29 is 4.79 Å². The number of carbonyl (C=O) groups excluding carboxylic acids is 1. The Labute approximate surface area is 270 Å². The van der Waals surface area contributed by atoms with Crippen molar-refractivity contribution in [2.24, 2.45) is 0 Å². The van der Waals surface area contributed by atoms with Gasteiger partial charge in [0, 0.05) is 31.4 Å². The summed E-state index contributed by atoms with van der Waals surface area (Å²) in [5.74, 6) is 0.399. The molecular weight excluding hydrogens is 589 g/mol. The second-order valence-electron chi connectivity index (χ2n) is 11.1. The van der Waals surface area contributed by atoms with E-state index in [9.17, 15) is 4.79 Å². The number of rotatable bonds is 15. The molecule has 1 aromatic carbocycles. The number of fused-ring (bicyclic) bond motifs is 1. The highest BCUT2D eigenvalue weighted by molar-refractivity contribution is 7.86. The Morgan fingerprint density at radius 1 is 0.775 bits per heavy atom. The minimum absolute atomic E-state index is 0.0718. The van der Waals surface area contributed by atoms with E-state index in [1.165, 1.54) is 38.5 Å². The van der Waals surface area contributed by atoms with Crippen LogP contribution in [0.1, 0.15) is 113 Å². The highest BCUT2D eigenvalue weighted by atomic mass is 32.1. The fraction of sp³-hybridized carbons (Fsp3) is 0.594. The summed E-state index contributed by atoms with van der Waals surface area (Å²) in [5.41, 5.74) is 1.89. The third-order valence-corrected chi connectivity index (χ3v) is 10.8. The highest BCUT2D eigenvalue weighted by Crippen LogP contribution is 2.47. The zero-order valence-corrected chi connectivity index (χ0v) is 28.7. The third kappa shape index (κ3) is 9.06. The summed E-state index contributed by atoms with van der Waals surface area (Å²) in [6.07, 6.45) is 24.5. The van der Waals surface area contributed by atoms with Crippen molar-refractivity contribution >= 4 is 80.0 Å². The van der Waals surface area contributed by atoms with Gasteiger partial charge in [0.1, 0.15) is 0 Å². The number of aromatic nitrogens is 1. The molecule has 2 aromatic rings. The number of nitrogens with zero attached hydrogens (tertiary/aromatic N) is 2. The number of benzene rings is 1. The quantitative estimate of drug-likeness (QED) is 0.0764. The molecular formula is C32H48N2OS5. The lowest BCUT2D eigenvalue weighted by Crippen LogP contribution is -2.29. The van der Waals surface area contributed by atoms with Gasteiger partial charge >= 0.3 is 0 Å². The first-order chi connectivity index (χ1) is 19.3. The maximum Gasteiger partial charge on any atom is 0.232 e. The van der Waals surface area contributed by atoms with E-state index in [4.69, 9.17) is 37.9 Å². The van der Waals surface area contributed by atoms with E-state index in [0.29, 0.717) is 27.0 Å². The lowest BCUT2D eigenvalue weighted by Gasteiger charge is -2.29. The monoisotopic (exact) mass is 636 g/mol. The first-order valence-corrected chi connectivity index (χ1v) is 17.3. The summed E-state index contributed by atoms with van der Waals surface area (Å²) in [7, 11) is 2.16.